The van der Waals surface area contributed by atoms with E-state index in [2.05, 4.69) is 40.5 Å². The third-order valence-corrected chi connectivity index (χ3v) is 3.84. The lowest BCUT2D eigenvalue weighted by Crippen LogP contribution is -2.13. The predicted octanol–water partition coefficient (Wildman–Crippen LogP) is 2.45. The minimum absolute atomic E-state index is 0.858. The zero-order valence-electron chi connectivity index (χ0n) is 11.6. The summed E-state index contributed by atoms with van der Waals surface area (Å²) in [6.45, 7) is 5.29. The molecule has 3 heterocycles. The van der Waals surface area contributed by atoms with Crippen molar-refractivity contribution in [1.29, 1.82) is 0 Å². The van der Waals surface area contributed by atoms with E-state index < -0.39 is 0 Å². The molecule has 18 heavy (non-hydrogen) atoms. The third-order valence-electron chi connectivity index (χ3n) is 3.84. The first kappa shape index (κ1) is 11.5. The lowest BCUT2D eigenvalue weighted by atomic mass is 10.1. The van der Waals surface area contributed by atoms with Crippen LogP contribution in [-0.4, -0.2) is 28.6 Å². The summed E-state index contributed by atoms with van der Waals surface area (Å²) in [4.78, 5) is 11.4. The van der Waals surface area contributed by atoms with Gasteiger partial charge in [0.15, 0.2) is 0 Å². The molecule has 0 N–H and O–H groups in total. The van der Waals surface area contributed by atoms with Crippen molar-refractivity contribution in [3.05, 3.63) is 17.1 Å². The topological polar surface area (TPSA) is 34.0 Å². The fourth-order valence-electron chi connectivity index (χ4n) is 3.00. The molecule has 96 valence electrons. The van der Waals surface area contributed by atoms with Crippen LogP contribution in [0.5, 0.6) is 0 Å². The molecule has 0 fully saturated rings. The summed E-state index contributed by atoms with van der Waals surface area (Å²) in [5.74, 6) is 1.91. The maximum Gasteiger partial charge on any atom is 0.146 e. The standard InChI is InChI=1S/C14H20N4/c1-9-11-7-5-6-8-18(11)14-12(9)13(17(3)4)15-10(2)16-14/h5-8H2,1-4H3. The monoisotopic (exact) mass is 244 g/mol. The molecule has 4 nitrogen and oxygen atoms in total. The molecule has 1 aliphatic rings. The van der Waals surface area contributed by atoms with Gasteiger partial charge in [-0.1, -0.05) is 0 Å². The van der Waals surface area contributed by atoms with Gasteiger partial charge in [-0.2, -0.15) is 0 Å². The minimum Gasteiger partial charge on any atom is -0.362 e. The summed E-state index contributed by atoms with van der Waals surface area (Å²) in [5.41, 5.74) is 3.95. The Labute approximate surface area is 108 Å². The quantitative estimate of drug-likeness (QED) is 0.772. The molecule has 0 unspecified atom stereocenters. The van der Waals surface area contributed by atoms with E-state index >= 15 is 0 Å². The average Bonchev–Trinajstić information content (AvgIpc) is 2.63. The highest BCUT2D eigenvalue weighted by molar-refractivity contribution is 5.92. The fraction of sp³-hybridized carbons (Fsp3) is 0.571. The Hall–Kier alpha value is -1.58. The molecule has 2 aromatic heterocycles. The van der Waals surface area contributed by atoms with Crippen molar-refractivity contribution in [2.75, 3.05) is 19.0 Å². The van der Waals surface area contributed by atoms with E-state index in [0.717, 1.165) is 23.8 Å². The molecule has 0 aromatic carbocycles. The molecule has 0 atom stereocenters. The second-order valence-electron chi connectivity index (χ2n) is 5.37. The van der Waals surface area contributed by atoms with E-state index in [-0.39, 0.29) is 0 Å². The van der Waals surface area contributed by atoms with Crippen LogP contribution >= 0.6 is 0 Å². The average molecular weight is 244 g/mol. The van der Waals surface area contributed by atoms with Crippen molar-refractivity contribution in [2.24, 2.45) is 0 Å². The zero-order chi connectivity index (χ0) is 12.9. The van der Waals surface area contributed by atoms with Crippen molar-refractivity contribution in [3.8, 4) is 0 Å². The Balaban J connectivity index is 2.41. The minimum atomic E-state index is 0.858. The highest BCUT2D eigenvalue weighted by atomic mass is 15.2. The number of anilines is 1. The lowest BCUT2D eigenvalue weighted by Gasteiger charge is -2.16. The first-order valence-corrected chi connectivity index (χ1v) is 6.63. The molecular formula is C14H20N4. The SMILES string of the molecule is Cc1nc(N(C)C)c2c(C)c3n(c2n1)CCCC3. The van der Waals surface area contributed by atoms with E-state index in [1.54, 1.807) is 0 Å². The summed E-state index contributed by atoms with van der Waals surface area (Å²) < 4.78 is 2.40. The zero-order valence-corrected chi connectivity index (χ0v) is 11.6. The number of hydrogen-bond acceptors (Lipinski definition) is 3. The van der Waals surface area contributed by atoms with E-state index in [1.165, 1.54) is 35.9 Å². The number of nitrogens with zero attached hydrogens (tertiary/aromatic N) is 4. The maximum absolute atomic E-state index is 4.68. The van der Waals surface area contributed by atoms with Gasteiger partial charge in [0.05, 0.1) is 5.39 Å². The van der Waals surface area contributed by atoms with Crippen molar-refractivity contribution in [1.82, 2.24) is 14.5 Å². The summed E-state index contributed by atoms with van der Waals surface area (Å²) in [6, 6.07) is 0. The Morgan fingerprint density at radius 3 is 2.61 bits per heavy atom. The van der Waals surface area contributed by atoms with Gasteiger partial charge in [-0.15, -0.1) is 0 Å². The van der Waals surface area contributed by atoms with Crippen LogP contribution in [0.3, 0.4) is 0 Å². The van der Waals surface area contributed by atoms with Gasteiger partial charge in [0, 0.05) is 26.3 Å². The number of fused-ring (bicyclic) bond motifs is 3. The molecule has 0 spiro atoms. The van der Waals surface area contributed by atoms with E-state index in [9.17, 15) is 0 Å². The molecule has 0 radical (unpaired) electrons. The fourth-order valence-corrected chi connectivity index (χ4v) is 3.00. The molecule has 0 saturated heterocycles. The molecule has 0 bridgehead atoms. The van der Waals surface area contributed by atoms with Crippen LogP contribution < -0.4 is 4.90 Å². The van der Waals surface area contributed by atoms with Gasteiger partial charge in [-0.25, -0.2) is 9.97 Å². The van der Waals surface area contributed by atoms with Crippen LogP contribution in [0.1, 0.15) is 29.9 Å². The largest absolute Gasteiger partial charge is 0.362 e. The van der Waals surface area contributed by atoms with Crippen LogP contribution in [0.2, 0.25) is 0 Å². The molecule has 0 saturated carbocycles. The molecule has 0 amide bonds. The molecule has 3 rings (SSSR count). The Bertz CT molecular complexity index is 610. The van der Waals surface area contributed by atoms with Gasteiger partial charge >= 0.3 is 0 Å². The summed E-state index contributed by atoms with van der Waals surface area (Å²) >= 11 is 0. The summed E-state index contributed by atoms with van der Waals surface area (Å²) in [7, 11) is 4.11. The van der Waals surface area contributed by atoms with Crippen LogP contribution in [0.4, 0.5) is 5.82 Å². The Morgan fingerprint density at radius 2 is 1.89 bits per heavy atom. The second kappa shape index (κ2) is 3.97. The smallest absolute Gasteiger partial charge is 0.146 e. The second-order valence-corrected chi connectivity index (χ2v) is 5.37. The predicted molar refractivity (Wildman–Crippen MR) is 74.3 cm³/mol. The van der Waals surface area contributed by atoms with Gasteiger partial charge in [-0.3, -0.25) is 0 Å². The molecule has 2 aromatic rings. The first-order valence-electron chi connectivity index (χ1n) is 6.63. The summed E-state index contributed by atoms with van der Waals surface area (Å²) in [6.07, 6.45) is 3.73. The van der Waals surface area contributed by atoms with Gasteiger partial charge in [-0.05, 0) is 38.7 Å². The van der Waals surface area contributed by atoms with E-state index in [4.69, 9.17) is 0 Å². The van der Waals surface area contributed by atoms with Crippen molar-refractivity contribution in [3.63, 3.8) is 0 Å². The maximum atomic E-state index is 4.68. The normalized spacial score (nSPS) is 14.9. The van der Waals surface area contributed by atoms with Crippen LogP contribution in [-0.2, 0) is 13.0 Å². The van der Waals surface area contributed by atoms with Crippen LogP contribution in [0.25, 0.3) is 11.0 Å². The number of aromatic nitrogens is 3. The van der Waals surface area contributed by atoms with Crippen molar-refractivity contribution < 1.29 is 0 Å². The molecule has 0 aliphatic carbocycles. The number of rotatable bonds is 1. The van der Waals surface area contributed by atoms with Gasteiger partial charge in [0.2, 0.25) is 0 Å². The lowest BCUT2D eigenvalue weighted by molar-refractivity contribution is 0.539. The van der Waals surface area contributed by atoms with Crippen LogP contribution in [0.15, 0.2) is 0 Å². The summed E-state index contributed by atoms with van der Waals surface area (Å²) in [5, 5.41) is 1.24. The number of aryl methyl sites for hydroxylation is 3. The first-order chi connectivity index (χ1) is 8.59. The highest BCUT2D eigenvalue weighted by Gasteiger charge is 2.22. The van der Waals surface area contributed by atoms with Gasteiger partial charge in [0.1, 0.15) is 17.3 Å². The van der Waals surface area contributed by atoms with E-state index in [0.29, 0.717) is 0 Å². The van der Waals surface area contributed by atoms with E-state index in [1.807, 2.05) is 6.92 Å². The van der Waals surface area contributed by atoms with Crippen LogP contribution in [0, 0.1) is 13.8 Å². The Morgan fingerprint density at radius 1 is 1.11 bits per heavy atom. The number of hydrogen-bond donors (Lipinski definition) is 0. The highest BCUT2D eigenvalue weighted by Crippen LogP contribution is 2.33. The third kappa shape index (κ3) is 1.51. The van der Waals surface area contributed by atoms with Gasteiger partial charge < -0.3 is 9.47 Å². The van der Waals surface area contributed by atoms with Crippen molar-refractivity contribution >= 4 is 16.9 Å². The Kier molecular flexibility index (Phi) is 2.54. The molecule has 4 heteroatoms. The molecular weight excluding hydrogens is 224 g/mol. The van der Waals surface area contributed by atoms with Crippen molar-refractivity contribution in [2.45, 2.75) is 39.7 Å². The van der Waals surface area contributed by atoms with Gasteiger partial charge in [0.25, 0.3) is 0 Å². The molecule has 1 aliphatic heterocycles.